The highest BCUT2D eigenvalue weighted by atomic mass is 35.5. The van der Waals surface area contributed by atoms with Crippen LogP contribution in [0, 0.1) is 0 Å². The summed E-state index contributed by atoms with van der Waals surface area (Å²) in [5.41, 5.74) is 0.425. The molecule has 2 aromatic carbocycles. The molecule has 0 saturated heterocycles. The van der Waals surface area contributed by atoms with E-state index in [2.05, 4.69) is 5.32 Å². The number of rotatable bonds is 8. The van der Waals surface area contributed by atoms with E-state index in [1.54, 1.807) is 24.3 Å². The van der Waals surface area contributed by atoms with Crippen LogP contribution in [0.1, 0.15) is 0 Å². The molecule has 0 fully saturated rings. The molecule has 0 radical (unpaired) electrons. The van der Waals surface area contributed by atoms with E-state index in [0.29, 0.717) is 16.5 Å². The van der Waals surface area contributed by atoms with E-state index in [4.69, 9.17) is 21.1 Å². The topological polar surface area (TPSA) is 102 Å². The number of hydrogen-bond donors (Lipinski definition) is 1. The Morgan fingerprint density at radius 1 is 1.11 bits per heavy atom. The molecule has 8 nitrogen and oxygen atoms in total. The van der Waals surface area contributed by atoms with Crippen LogP contribution in [0.25, 0.3) is 0 Å². The number of amides is 1. The Morgan fingerprint density at radius 3 is 2.39 bits per heavy atom. The molecule has 0 spiro atoms. The maximum Gasteiger partial charge on any atom is 0.321 e. The average molecular weight is 427 g/mol. The monoisotopic (exact) mass is 426 g/mol. The lowest BCUT2D eigenvalue weighted by Crippen LogP contribution is -2.34. The number of halogens is 1. The Morgan fingerprint density at radius 2 is 1.75 bits per heavy atom. The quantitative estimate of drug-likeness (QED) is 0.649. The first-order chi connectivity index (χ1) is 13.2. The van der Waals surface area contributed by atoms with Crippen LogP contribution >= 0.6 is 11.6 Å². The third kappa shape index (κ3) is 5.69. The van der Waals surface area contributed by atoms with E-state index in [1.165, 1.54) is 38.4 Å². The van der Waals surface area contributed by atoms with Crippen LogP contribution in [-0.2, 0) is 24.3 Å². The minimum absolute atomic E-state index is 0.0129. The smallest absolute Gasteiger partial charge is 0.321 e. The minimum Gasteiger partial charge on any atom is -0.495 e. The highest BCUT2D eigenvalue weighted by Crippen LogP contribution is 2.22. The molecule has 0 unspecified atom stereocenters. The number of methoxy groups -OCH3 is 1. The Kier molecular flexibility index (Phi) is 7.38. The number of nitrogens with one attached hydrogen (secondary N) is 1. The van der Waals surface area contributed by atoms with Gasteiger partial charge in [0, 0.05) is 12.1 Å². The van der Waals surface area contributed by atoms with Gasteiger partial charge < -0.3 is 14.8 Å². The average Bonchev–Trinajstić information content (AvgIpc) is 2.67. The van der Waals surface area contributed by atoms with Crippen molar-refractivity contribution in [3.05, 3.63) is 53.6 Å². The molecule has 0 aromatic heterocycles. The van der Waals surface area contributed by atoms with Crippen LogP contribution in [0.5, 0.6) is 5.75 Å². The second-order valence-corrected chi connectivity index (χ2v) is 8.11. The Labute approximate surface area is 168 Å². The molecule has 1 N–H and O–H groups in total. The maximum atomic E-state index is 12.4. The third-order valence-electron chi connectivity index (χ3n) is 3.62. The van der Waals surface area contributed by atoms with E-state index in [0.717, 1.165) is 4.31 Å². The van der Waals surface area contributed by atoms with Crippen LogP contribution in [0.15, 0.2) is 53.4 Å². The summed E-state index contributed by atoms with van der Waals surface area (Å²) >= 11 is 5.75. The molecule has 10 heteroatoms. The predicted molar refractivity (Wildman–Crippen MR) is 104 cm³/mol. The summed E-state index contributed by atoms with van der Waals surface area (Å²) in [6.45, 7) is -1.11. The van der Waals surface area contributed by atoms with Crippen molar-refractivity contribution in [2.75, 3.05) is 32.6 Å². The summed E-state index contributed by atoms with van der Waals surface area (Å²) in [6, 6.07) is 12.3. The highest BCUT2D eigenvalue weighted by molar-refractivity contribution is 7.89. The fraction of sp³-hybridized carbons (Fsp3) is 0.222. The molecule has 2 aromatic rings. The number of sulfonamides is 1. The normalized spacial score (nSPS) is 11.1. The van der Waals surface area contributed by atoms with Gasteiger partial charge >= 0.3 is 5.97 Å². The summed E-state index contributed by atoms with van der Waals surface area (Å²) in [6.07, 6.45) is 0. The first-order valence-corrected chi connectivity index (χ1v) is 9.86. The van der Waals surface area contributed by atoms with Gasteiger partial charge in [0.05, 0.1) is 17.7 Å². The Hall–Kier alpha value is -2.62. The number of ether oxygens (including phenoxy) is 2. The number of carbonyl (C=O) groups excluding carboxylic acids is 2. The van der Waals surface area contributed by atoms with Gasteiger partial charge in [0.1, 0.15) is 12.3 Å². The SMILES string of the molecule is COc1ccccc1NC(=O)COC(=O)CN(C)S(=O)(=O)c1ccc(Cl)cc1. The fourth-order valence-electron chi connectivity index (χ4n) is 2.18. The van der Waals surface area contributed by atoms with Crippen LogP contribution < -0.4 is 10.1 Å². The molecule has 0 aliphatic carbocycles. The third-order valence-corrected chi connectivity index (χ3v) is 5.69. The second-order valence-electron chi connectivity index (χ2n) is 5.62. The van der Waals surface area contributed by atoms with E-state index in [-0.39, 0.29) is 4.90 Å². The molecule has 0 bridgehead atoms. The molecule has 0 heterocycles. The van der Waals surface area contributed by atoms with Gasteiger partial charge in [-0.2, -0.15) is 4.31 Å². The number of hydrogen-bond acceptors (Lipinski definition) is 6. The molecule has 1 amide bonds. The molecule has 28 heavy (non-hydrogen) atoms. The fourth-order valence-corrected chi connectivity index (χ4v) is 3.42. The predicted octanol–water partition coefficient (Wildman–Crippen LogP) is 2.15. The van der Waals surface area contributed by atoms with Crippen molar-refractivity contribution in [3.8, 4) is 5.75 Å². The number of carbonyl (C=O) groups is 2. The zero-order chi connectivity index (χ0) is 20.7. The molecule has 150 valence electrons. The van der Waals surface area contributed by atoms with Gasteiger partial charge in [0.15, 0.2) is 6.61 Å². The molecule has 0 aliphatic heterocycles. The number of likely N-dealkylation sites (N-methyl/N-ethyl adjacent to an activating group) is 1. The molecule has 0 atom stereocenters. The van der Waals surface area contributed by atoms with Gasteiger partial charge in [-0.1, -0.05) is 23.7 Å². The van der Waals surface area contributed by atoms with Crippen molar-refractivity contribution in [2.45, 2.75) is 4.90 Å². The zero-order valence-electron chi connectivity index (χ0n) is 15.2. The van der Waals surface area contributed by atoms with Crippen molar-refractivity contribution in [1.82, 2.24) is 4.31 Å². The molecule has 0 saturated carbocycles. The number of anilines is 1. The summed E-state index contributed by atoms with van der Waals surface area (Å²) < 4.78 is 35.6. The van der Waals surface area contributed by atoms with Gasteiger partial charge in [-0.15, -0.1) is 0 Å². The van der Waals surface area contributed by atoms with Crippen LogP contribution in [0.3, 0.4) is 0 Å². The van der Waals surface area contributed by atoms with E-state index in [1.807, 2.05) is 0 Å². The van der Waals surface area contributed by atoms with Crippen molar-refractivity contribution >= 4 is 39.2 Å². The van der Waals surface area contributed by atoms with Crippen molar-refractivity contribution < 1.29 is 27.5 Å². The van der Waals surface area contributed by atoms with Crippen molar-refractivity contribution in [1.29, 1.82) is 0 Å². The molecule has 2 rings (SSSR count). The second kappa shape index (κ2) is 9.54. The van der Waals surface area contributed by atoms with Gasteiger partial charge in [-0.25, -0.2) is 8.42 Å². The Balaban J connectivity index is 1.89. The van der Waals surface area contributed by atoms with Gasteiger partial charge in [-0.3, -0.25) is 9.59 Å². The van der Waals surface area contributed by atoms with E-state index < -0.39 is 35.1 Å². The summed E-state index contributed by atoms with van der Waals surface area (Å²) in [4.78, 5) is 23.8. The first-order valence-electron chi connectivity index (χ1n) is 8.04. The van der Waals surface area contributed by atoms with E-state index in [9.17, 15) is 18.0 Å². The first kappa shape index (κ1) is 21.7. The maximum absolute atomic E-state index is 12.4. The van der Waals surface area contributed by atoms with Gasteiger partial charge in [-0.05, 0) is 36.4 Å². The summed E-state index contributed by atoms with van der Waals surface area (Å²) in [7, 11) is -1.19. The lowest BCUT2D eigenvalue weighted by atomic mass is 10.3. The lowest BCUT2D eigenvalue weighted by molar-refractivity contribution is -0.147. The molecular weight excluding hydrogens is 408 g/mol. The lowest BCUT2D eigenvalue weighted by Gasteiger charge is -2.16. The van der Waals surface area contributed by atoms with Crippen molar-refractivity contribution in [2.24, 2.45) is 0 Å². The molecule has 0 aliphatic rings. The van der Waals surface area contributed by atoms with Crippen LogP contribution in [-0.4, -0.2) is 51.9 Å². The molecular formula is C18H19ClN2O6S. The van der Waals surface area contributed by atoms with Gasteiger partial charge in [0.25, 0.3) is 5.91 Å². The zero-order valence-corrected chi connectivity index (χ0v) is 16.8. The number of para-hydroxylation sites is 2. The summed E-state index contributed by atoms with van der Waals surface area (Å²) in [5, 5.41) is 2.94. The summed E-state index contributed by atoms with van der Waals surface area (Å²) in [5.74, 6) is -0.993. The van der Waals surface area contributed by atoms with Crippen LogP contribution in [0.2, 0.25) is 5.02 Å². The highest BCUT2D eigenvalue weighted by Gasteiger charge is 2.24. The number of benzene rings is 2. The Bertz CT molecular complexity index is 947. The number of nitrogens with zero attached hydrogens (tertiary/aromatic N) is 1. The van der Waals surface area contributed by atoms with Crippen molar-refractivity contribution in [3.63, 3.8) is 0 Å². The van der Waals surface area contributed by atoms with Crippen LogP contribution in [0.4, 0.5) is 5.69 Å². The van der Waals surface area contributed by atoms with E-state index >= 15 is 0 Å². The standard InChI is InChI=1S/C18H19ClN2O6S/c1-21(28(24,25)14-9-7-13(19)8-10-14)11-18(23)27-12-17(22)20-15-5-3-4-6-16(15)26-2/h3-10H,11-12H2,1-2H3,(H,20,22). The number of esters is 1. The largest absolute Gasteiger partial charge is 0.495 e. The van der Waals surface area contributed by atoms with Gasteiger partial charge in [0.2, 0.25) is 10.0 Å². The minimum atomic E-state index is -3.89.